The summed E-state index contributed by atoms with van der Waals surface area (Å²) in [7, 11) is 0. The lowest BCUT2D eigenvalue weighted by Crippen LogP contribution is -1.96. The third-order valence-corrected chi connectivity index (χ3v) is 5.91. The topological polar surface area (TPSA) is 77.8 Å². The van der Waals surface area contributed by atoms with Crippen molar-refractivity contribution in [2.45, 2.75) is 24.8 Å². The van der Waals surface area contributed by atoms with E-state index in [4.69, 9.17) is 10.2 Å². The van der Waals surface area contributed by atoms with Gasteiger partial charge in [0.25, 0.3) is 0 Å². The molecule has 0 radical (unpaired) electrons. The molecule has 0 amide bonds. The number of thioether (sulfide) groups is 1. The fourth-order valence-electron chi connectivity index (χ4n) is 2.56. The number of fused-ring (bicyclic) bond motifs is 1. The first-order chi connectivity index (χ1) is 12.1. The average Bonchev–Trinajstić information content (AvgIpc) is 3.19. The van der Waals surface area contributed by atoms with E-state index in [2.05, 4.69) is 28.8 Å². The predicted molar refractivity (Wildman–Crippen MR) is 103 cm³/mol. The molecule has 0 spiro atoms. The quantitative estimate of drug-likeness (QED) is 0.410. The zero-order valence-corrected chi connectivity index (χ0v) is 15.4. The highest BCUT2D eigenvalue weighted by Crippen LogP contribution is 2.34. The number of benzene rings is 1. The van der Waals surface area contributed by atoms with Gasteiger partial charge in [-0.05, 0) is 19.4 Å². The number of hydrogen-bond acceptors (Lipinski definition) is 7. The van der Waals surface area contributed by atoms with E-state index in [0.29, 0.717) is 22.6 Å². The summed E-state index contributed by atoms with van der Waals surface area (Å²) in [4.78, 5) is 15.5. The summed E-state index contributed by atoms with van der Waals surface area (Å²) in [5.74, 6) is 2.49. The summed E-state index contributed by atoms with van der Waals surface area (Å²) < 4.78 is 5.82. The Hall–Kier alpha value is -2.38. The standard InChI is InChI=1S/C18H16N4OS2/c1-10-11(2)25-17-15(10)16(19)21-18(22-17)24-9-14-20-8-13(23-14)12-6-4-3-5-7-12/h3-8H,9H2,1-2H3,(H2,19,21,22). The minimum absolute atomic E-state index is 0.534. The maximum absolute atomic E-state index is 6.12. The van der Waals surface area contributed by atoms with Crippen LogP contribution < -0.4 is 5.73 Å². The van der Waals surface area contributed by atoms with E-state index in [1.807, 2.05) is 30.3 Å². The number of oxazole rings is 1. The van der Waals surface area contributed by atoms with E-state index in [0.717, 1.165) is 27.1 Å². The van der Waals surface area contributed by atoms with Crippen molar-refractivity contribution in [2.24, 2.45) is 0 Å². The molecule has 3 heterocycles. The van der Waals surface area contributed by atoms with Crippen LogP contribution in [0.3, 0.4) is 0 Å². The van der Waals surface area contributed by atoms with E-state index < -0.39 is 0 Å². The number of aromatic nitrogens is 3. The molecule has 0 aliphatic carbocycles. The van der Waals surface area contributed by atoms with Gasteiger partial charge in [0, 0.05) is 10.4 Å². The number of hydrogen-bond donors (Lipinski definition) is 1. The third-order valence-electron chi connectivity index (χ3n) is 3.97. The molecule has 0 fully saturated rings. The first-order valence-electron chi connectivity index (χ1n) is 7.78. The molecule has 7 heteroatoms. The number of thiophene rings is 1. The van der Waals surface area contributed by atoms with Crippen molar-refractivity contribution in [3.63, 3.8) is 0 Å². The van der Waals surface area contributed by atoms with Gasteiger partial charge in [-0.3, -0.25) is 0 Å². The minimum Gasteiger partial charge on any atom is -0.440 e. The predicted octanol–water partition coefficient (Wildman–Crippen LogP) is 4.84. The molecule has 2 N–H and O–H groups in total. The van der Waals surface area contributed by atoms with Crippen LogP contribution in [-0.4, -0.2) is 15.0 Å². The Morgan fingerprint density at radius 3 is 2.76 bits per heavy atom. The van der Waals surface area contributed by atoms with E-state index in [-0.39, 0.29) is 0 Å². The van der Waals surface area contributed by atoms with Crippen LogP contribution in [0.15, 0.2) is 46.1 Å². The first kappa shape index (κ1) is 16.1. The van der Waals surface area contributed by atoms with E-state index in [9.17, 15) is 0 Å². The average molecular weight is 368 g/mol. The number of rotatable bonds is 4. The van der Waals surface area contributed by atoms with Crippen LogP contribution in [-0.2, 0) is 5.75 Å². The number of anilines is 1. The van der Waals surface area contributed by atoms with Crippen molar-refractivity contribution in [2.75, 3.05) is 5.73 Å². The smallest absolute Gasteiger partial charge is 0.205 e. The van der Waals surface area contributed by atoms with Crippen molar-refractivity contribution in [3.05, 3.63) is 52.9 Å². The number of nitrogen functional groups attached to an aromatic ring is 1. The van der Waals surface area contributed by atoms with Gasteiger partial charge in [0.2, 0.25) is 5.89 Å². The summed E-state index contributed by atoms with van der Waals surface area (Å²) >= 11 is 3.12. The molecule has 0 aliphatic heterocycles. The van der Waals surface area contributed by atoms with Crippen LogP contribution in [0.25, 0.3) is 21.5 Å². The maximum atomic E-state index is 6.12. The summed E-state index contributed by atoms with van der Waals surface area (Å²) in [6.45, 7) is 4.13. The number of aryl methyl sites for hydroxylation is 2. The Balaban J connectivity index is 1.54. The molecule has 0 atom stereocenters. The highest BCUT2D eigenvalue weighted by molar-refractivity contribution is 7.98. The molecule has 25 heavy (non-hydrogen) atoms. The van der Waals surface area contributed by atoms with Crippen molar-refractivity contribution in [1.82, 2.24) is 15.0 Å². The summed E-state index contributed by atoms with van der Waals surface area (Å²) in [5.41, 5.74) is 8.30. The molecule has 0 bridgehead atoms. The molecular weight excluding hydrogens is 352 g/mol. The van der Waals surface area contributed by atoms with Crippen molar-refractivity contribution < 1.29 is 4.42 Å². The third kappa shape index (κ3) is 3.12. The van der Waals surface area contributed by atoms with Crippen LogP contribution in [0.2, 0.25) is 0 Å². The summed E-state index contributed by atoms with van der Waals surface area (Å²) in [5, 5.41) is 1.61. The number of nitrogens with zero attached hydrogens (tertiary/aromatic N) is 3. The number of nitrogens with two attached hydrogens (primary N) is 1. The molecule has 0 aliphatic rings. The Morgan fingerprint density at radius 2 is 1.96 bits per heavy atom. The van der Waals surface area contributed by atoms with E-state index in [1.165, 1.54) is 16.6 Å². The molecule has 4 aromatic rings. The van der Waals surface area contributed by atoms with Crippen LogP contribution in [0, 0.1) is 13.8 Å². The van der Waals surface area contributed by atoms with Crippen molar-refractivity contribution in [1.29, 1.82) is 0 Å². The van der Waals surface area contributed by atoms with Gasteiger partial charge in [0.05, 0.1) is 17.3 Å². The highest BCUT2D eigenvalue weighted by atomic mass is 32.2. The largest absolute Gasteiger partial charge is 0.440 e. The van der Waals surface area contributed by atoms with E-state index in [1.54, 1.807) is 17.5 Å². The zero-order valence-electron chi connectivity index (χ0n) is 13.8. The zero-order chi connectivity index (χ0) is 17.4. The van der Waals surface area contributed by atoms with Gasteiger partial charge in [-0.2, -0.15) is 0 Å². The lowest BCUT2D eigenvalue weighted by atomic mass is 10.2. The van der Waals surface area contributed by atoms with Crippen LogP contribution in [0.5, 0.6) is 0 Å². The van der Waals surface area contributed by atoms with Crippen molar-refractivity contribution >= 4 is 39.1 Å². The Kier molecular flexibility index (Phi) is 4.19. The normalized spacial score (nSPS) is 11.3. The van der Waals surface area contributed by atoms with Gasteiger partial charge in [-0.15, -0.1) is 11.3 Å². The molecule has 126 valence electrons. The van der Waals surface area contributed by atoms with Gasteiger partial charge in [-0.1, -0.05) is 42.1 Å². The monoisotopic (exact) mass is 368 g/mol. The summed E-state index contributed by atoms with van der Waals surface area (Å²) in [6, 6.07) is 9.92. The second-order valence-electron chi connectivity index (χ2n) is 5.63. The fourth-order valence-corrected chi connectivity index (χ4v) is 4.36. The molecule has 3 aromatic heterocycles. The fraction of sp³-hybridized carbons (Fsp3) is 0.167. The van der Waals surface area contributed by atoms with Crippen molar-refractivity contribution in [3.8, 4) is 11.3 Å². The molecule has 5 nitrogen and oxygen atoms in total. The minimum atomic E-state index is 0.534. The molecule has 4 rings (SSSR count). The van der Waals surface area contributed by atoms with Crippen LogP contribution >= 0.6 is 23.1 Å². The van der Waals surface area contributed by atoms with Gasteiger partial charge in [0.1, 0.15) is 10.6 Å². The van der Waals surface area contributed by atoms with Gasteiger partial charge < -0.3 is 10.2 Å². The lowest BCUT2D eigenvalue weighted by Gasteiger charge is -2.02. The second-order valence-corrected chi connectivity index (χ2v) is 7.77. The molecule has 1 aromatic carbocycles. The van der Waals surface area contributed by atoms with Crippen LogP contribution in [0.4, 0.5) is 5.82 Å². The van der Waals surface area contributed by atoms with E-state index >= 15 is 0 Å². The maximum Gasteiger partial charge on any atom is 0.205 e. The molecular formula is C18H16N4OS2. The Labute approximate surface area is 153 Å². The first-order valence-corrected chi connectivity index (χ1v) is 9.58. The SMILES string of the molecule is Cc1sc2nc(SCc3ncc(-c4ccccc4)o3)nc(N)c2c1C. The summed E-state index contributed by atoms with van der Waals surface area (Å²) in [6.07, 6.45) is 1.75. The lowest BCUT2D eigenvalue weighted by molar-refractivity contribution is 0.530. The van der Waals surface area contributed by atoms with Gasteiger partial charge in [0.15, 0.2) is 10.9 Å². The molecule has 0 unspecified atom stereocenters. The van der Waals surface area contributed by atoms with Gasteiger partial charge in [-0.25, -0.2) is 15.0 Å². The Morgan fingerprint density at radius 1 is 1.16 bits per heavy atom. The highest BCUT2D eigenvalue weighted by Gasteiger charge is 2.14. The molecule has 0 saturated carbocycles. The van der Waals surface area contributed by atoms with Crippen LogP contribution in [0.1, 0.15) is 16.3 Å². The molecule has 0 saturated heterocycles. The Bertz CT molecular complexity index is 1040. The van der Waals surface area contributed by atoms with Gasteiger partial charge >= 0.3 is 0 Å². The second kappa shape index (κ2) is 6.50.